The number of ether oxygens (including phenoxy) is 1. The topological polar surface area (TPSA) is 80.3 Å². The molecule has 0 unspecified atom stereocenters. The molecule has 2 N–H and O–H groups in total. The minimum absolute atomic E-state index is 0.137. The maximum Gasteiger partial charge on any atom is 0.422 e. The number of carbonyl (C=O) groups is 2. The molecule has 0 saturated carbocycles. The molecule has 0 saturated heterocycles. The second-order valence-corrected chi connectivity index (χ2v) is 7.21. The van der Waals surface area contributed by atoms with Gasteiger partial charge in [-0.25, -0.2) is 4.98 Å². The predicted octanol–water partition coefficient (Wildman–Crippen LogP) is 4.16. The molecule has 0 aliphatic carbocycles. The molecule has 6 nitrogen and oxygen atoms in total. The fourth-order valence-electron chi connectivity index (χ4n) is 2.56. The lowest BCUT2D eigenvalue weighted by Gasteiger charge is -2.13. The second kappa shape index (κ2) is 9.60. The van der Waals surface area contributed by atoms with Crippen molar-refractivity contribution in [1.29, 1.82) is 0 Å². The third kappa shape index (κ3) is 7.06. The molecule has 1 heterocycles. The number of benzene rings is 1. The Morgan fingerprint density at radius 1 is 1.13 bits per heavy atom. The Hall–Kier alpha value is -3.10. The van der Waals surface area contributed by atoms with E-state index in [1.54, 1.807) is 45.9 Å². The molecule has 0 atom stereocenters. The number of nitrogens with zero attached hydrogens (tertiary/aromatic N) is 1. The number of alkyl halides is 3. The SMILES string of the molecule is Cc1cc(C(=O)NCc2ccc(OCC(F)(F)F)c(C)c2)cc(NC(=O)C(C)C)n1. The van der Waals surface area contributed by atoms with Crippen LogP contribution < -0.4 is 15.4 Å². The van der Waals surface area contributed by atoms with Gasteiger partial charge < -0.3 is 15.4 Å². The zero-order chi connectivity index (χ0) is 22.5. The van der Waals surface area contributed by atoms with Gasteiger partial charge >= 0.3 is 6.18 Å². The van der Waals surface area contributed by atoms with Gasteiger partial charge in [-0.15, -0.1) is 0 Å². The number of aryl methyl sites for hydroxylation is 2. The van der Waals surface area contributed by atoms with Crippen LogP contribution in [0.5, 0.6) is 5.75 Å². The molecular formula is C21H24F3N3O3. The van der Waals surface area contributed by atoms with Gasteiger partial charge in [0.25, 0.3) is 5.91 Å². The molecule has 9 heteroatoms. The van der Waals surface area contributed by atoms with E-state index in [0.717, 1.165) is 0 Å². The summed E-state index contributed by atoms with van der Waals surface area (Å²) < 4.78 is 41.6. The summed E-state index contributed by atoms with van der Waals surface area (Å²) in [4.78, 5) is 28.6. The molecule has 1 aromatic heterocycles. The molecule has 0 aliphatic rings. The van der Waals surface area contributed by atoms with E-state index in [-0.39, 0.29) is 30.0 Å². The Balaban J connectivity index is 2.02. The fraction of sp³-hybridized carbons (Fsp3) is 0.381. The fourth-order valence-corrected chi connectivity index (χ4v) is 2.56. The molecule has 162 valence electrons. The highest BCUT2D eigenvalue weighted by Crippen LogP contribution is 2.23. The third-order valence-electron chi connectivity index (χ3n) is 4.07. The first-order chi connectivity index (χ1) is 13.9. The van der Waals surface area contributed by atoms with Gasteiger partial charge in [0.1, 0.15) is 11.6 Å². The van der Waals surface area contributed by atoms with Crippen molar-refractivity contribution in [3.63, 3.8) is 0 Å². The van der Waals surface area contributed by atoms with Gasteiger partial charge in [-0.3, -0.25) is 9.59 Å². The number of anilines is 1. The van der Waals surface area contributed by atoms with Crippen molar-refractivity contribution >= 4 is 17.6 Å². The summed E-state index contributed by atoms with van der Waals surface area (Å²) in [5, 5.41) is 5.41. The minimum Gasteiger partial charge on any atom is -0.484 e. The van der Waals surface area contributed by atoms with E-state index < -0.39 is 12.8 Å². The Morgan fingerprint density at radius 3 is 2.43 bits per heavy atom. The summed E-state index contributed by atoms with van der Waals surface area (Å²) in [6.45, 7) is 5.66. The molecule has 0 aliphatic heterocycles. The zero-order valence-corrected chi connectivity index (χ0v) is 17.2. The smallest absolute Gasteiger partial charge is 0.422 e. The van der Waals surface area contributed by atoms with Crippen LogP contribution in [-0.2, 0) is 11.3 Å². The largest absolute Gasteiger partial charge is 0.484 e. The van der Waals surface area contributed by atoms with E-state index in [2.05, 4.69) is 15.6 Å². The van der Waals surface area contributed by atoms with Gasteiger partial charge in [0.15, 0.2) is 6.61 Å². The Morgan fingerprint density at radius 2 is 1.83 bits per heavy atom. The van der Waals surface area contributed by atoms with E-state index in [0.29, 0.717) is 28.2 Å². The van der Waals surface area contributed by atoms with Gasteiger partial charge in [-0.05, 0) is 43.2 Å². The highest BCUT2D eigenvalue weighted by molar-refractivity contribution is 5.97. The molecule has 1 aromatic carbocycles. The van der Waals surface area contributed by atoms with Gasteiger partial charge in [0.2, 0.25) is 5.91 Å². The number of hydrogen-bond donors (Lipinski definition) is 2. The number of carbonyl (C=O) groups excluding carboxylic acids is 2. The van der Waals surface area contributed by atoms with Gasteiger partial charge in [-0.1, -0.05) is 26.0 Å². The van der Waals surface area contributed by atoms with E-state index in [1.165, 1.54) is 12.1 Å². The summed E-state index contributed by atoms with van der Waals surface area (Å²) in [6.07, 6.45) is -4.41. The predicted molar refractivity (Wildman–Crippen MR) is 106 cm³/mol. The van der Waals surface area contributed by atoms with Gasteiger partial charge in [-0.2, -0.15) is 13.2 Å². The van der Waals surface area contributed by atoms with Crippen molar-refractivity contribution in [3.05, 3.63) is 52.7 Å². The van der Waals surface area contributed by atoms with Crippen molar-refractivity contribution in [2.45, 2.75) is 40.4 Å². The van der Waals surface area contributed by atoms with Crippen molar-refractivity contribution in [2.24, 2.45) is 5.92 Å². The number of hydrogen-bond acceptors (Lipinski definition) is 4. The lowest BCUT2D eigenvalue weighted by molar-refractivity contribution is -0.153. The van der Waals surface area contributed by atoms with Crippen LogP contribution in [0.4, 0.5) is 19.0 Å². The number of rotatable bonds is 7. The molecular weight excluding hydrogens is 399 g/mol. The van der Waals surface area contributed by atoms with Crippen molar-refractivity contribution < 1.29 is 27.5 Å². The third-order valence-corrected chi connectivity index (χ3v) is 4.07. The first kappa shape index (κ1) is 23.2. The maximum atomic E-state index is 12.5. The second-order valence-electron chi connectivity index (χ2n) is 7.21. The van der Waals surface area contributed by atoms with Crippen molar-refractivity contribution in [2.75, 3.05) is 11.9 Å². The quantitative estimate of drug-likeness (QED) is 0.701. The van der Waals surface area contributed by atoms with Crippen LogP contribution in [0.25, 0.3) is 0 Å². The summed E-state index contributed by atoms with van der Waals surface area (Å²) in [7, 11) is 0. The molecule has 2 amide bonds. The maximum absolute atomic E-state index is 12.5. The highest BCUT2D eigenvalue weighted by Gasteiger charge is 2.28. The monoisotopic (exact) mass is 423 g/mol. The van der Waals surface area contributed by atoms with E-state index >= 15 is 0 Å². The van der Waals surface area contributed by atoms with Crippen LogP contribution in [0.15, 0.2) is 30.3 Å². The average Bonchev–Trinajstić information content (AvgIpc) is 2.64. The molecule has 0 spiro atoms. The van der Waals surface area contributed by atoms with E-state index in [9.17, 15) is 22.8 Å². The summed E-state index contributed by atoms with van der Waals surface area (Å²) >= 11 is 0. The zero-order valence-electron chi connectivity index (χ0n) is 17.2. The standard InChI is InChI=1S/C21H24F3N3O3/c1-12(2)19(28)27-18-9-16(8-14(4)26-18)20(29)25-10-15-5-6-17(13(3)7-15)30-11-21(22,23)24/h5-9,12H,10-11H2,1-4H3,(H,25,29)(H,26,27,28). The summed E-state index contributed by atoms with van der Waals surface area (Å²) in [5.74, 6) is -0.368. The van der Waals surface area contributed by atoms with E-state index in [1.807, 2.05) is 0 Å². The Bertz CT molecular complexity index is 927. The number of nitrogens with one attached hydrogen (secondary N) is 2. The van der Waals surface area contributed by atoms with Gasteiger partial charge in [0, 0.05) is 23.7 Å². The average molecular weight is 423 g/mol. The number of halogens is 3. The number of aromatic nitrogens is 1. The highest BCUT2D eigenvalue weighted by atomic mass is 19.4. The van der Waals surface area contributed by atoms with Crippen LogP contribution >= 0.6 is 0 Å². The van der Waals surface area contributed by atoms with E-state index in [4.69, 9.17) is 4.74 Å². The van der Waals surface area contributed by atoms with Crippen molar-refractivity contribution in [3.8, 4) is 5.75 Å². The lowest BCUT2D eigenvalue weighted by atomic mass is 10.1. The normalized spacial score (nSPS) is 11.3. The molecule has 0 bridgehead atoms. The van der Waals surface area contributed by atoms with Crippen LogP contribution in [0.3, 0.4) is 0 Å². The van der Waals surface area contributed by atoms with Crippen LogP contribution in [0.1, 0.15) is 41.0 Å². The number of pyridine rings is 1. The van der Waals surface area contributed by atoms with Crippen molar-refractivity contribution in [1.82, 2.24) is 10.3 Å². The van der Waals surface area contributed by atoms with Crippen LogP contribution in [0, 0.1) is 19.8 Å². The Kier molecular flexibility index (Phi) is 7.42. The number of amides is 2. The molecule has 0 radical (unpaired) electrons. The summed E-state index contributed by atoms with van der Waals surface area (Å²) in [6, 6.07) is 7.77. The minimum atomic E-state index is -4.41. The van der Waals surface area contributed by atoms with Crippen LogP contribution in [0.2, 0.25) is 0 Å². The molecule has 2 rings (SSSR count). The Labute approximate surface area is 172 Å². The first-order valence-electron chi connectivity index (χ1n) is 9.31. The first-order valence-corrected chi connectivity index (χ1v) is 9.31. The molecule has 2 aromatic rings. The molecule has 30 heavy (non-hydrogen) atoms. The summed E-state index contributed by atoms with van der Waals surface area (Å²) in [5.41, 5.74) is 2.15. The molecule has 0 fully saturated rings. The van der Waals surface area contributed by atoms with Crippen LogP contribution in [-0.4, -0.2) is 29.6 Å². The van der Waals surface area contributed by atoms with Gasteiger partial charge in [0.05, 0.1) is 0 Å². The lowest BCUT2D eigenvalue weighted by Crippen LogP contribution is -2.24.